The van der Waals surface area contributed by atoms with Gasteiger partial charge in [-0.3, -0.25) is 4.68 Å². The van der Waals surface area contributed by atoms with Crippen molar-refractivity contribution < 1.29 is 4.74 Å². The SMILES string of the molecule is CCNC(=NCc1cccc(COC(C)C)c1)NCc1ncnn1C. The van der Waals surface area contributed by atoms with Crippen molar-refractivity contribution in [3.8, 4) is 0 Å². The summed E-state index contributed by atoms with van der Waals surface area (Å²) in [7, 11) is 1.87. The fourth-order valence-corrected chi connectivity index (χ4v) is 2.24. The van der Waals surface area contributed by atoms with E-state index in [2.05, 4.69) is 43.9 Å². The van der Waals surface area contributed by atoms with E-state index >= 15 is 0 Å². The zero-order valence-corrected chi connectivity index (χ0v) is 15.5. The molecule has 1 heterocycles. The minimum Gasteiger partial charge on any atom is -0.374 e. The van der Waals surface area contributed by atoms with Crippen LogP contribution in [0.25, 0.3) is 0 Å². The number of aromatic nitrogens is 3. The molecule has 0 aliphatic rings. The number of nitrogens with one attached hydrogen (secondary N) is 2. The summed E-state index contributed by atoms with van der Waals surface area (Å²) in [6, 6.07) is 8.34. The van der Waals surface area contributed by atoms with Crippen molar-refractivity contribution in [1.82, 2.24) is 25.4 Å². The summed E-state index contributed by atoms with van der Waals surface area (Å²) in [6.07, 6.45) is 1.78. The van der Waals surface area contributed by atoms with Crippen LogP contribution < -0.4 is 10.6 Å². The van der Waals surface area contributed by atoms with Crippen LogP contribution in [0.4, 0.5) is 0 Å². The average molecular weight is 344 g/mol. The molecule has 0 spiro atoms. The molecule has 0 aliphatic heterocycles. The smallest absolute Gasteiger partial charge is 0.191 e. The number of nitrogens with zero attached hydrogens (tertiary/aromatic N) is 4. The molecule has 0 amide bonds. The monoisotopic (exact) mass is 344 g/mol. The number of guanidine groups is 1. The van der Waals surface area contributed by atoms with Gasteiger partial charge in [-0.1, -0.05) is 24.3 Å². The van der Waals surface area contributed by atoms with Crippen molar-refractivity contribution in [3.63, 3.8) is 0 Å². The molecule has 25 heavy (non-hydrogen) atoms. The van der Waals surface area contributed by atoms with Gasteiger partial charge in [-0.2, -0.15) is 5.10 Å². The maximum Gasteiger partial charge on any atom is 0.191 e. The van der Waals surface area contributed by atoms with Crippen molar-refractivity contribution in [2.75, 3.05) is 6.54 Å². The third kappa shape index (κ3) is 6.54. The first-order chi connectivity index (χ1) is 12.1. The highest BCUT2D eigenvalue weighted by atomic mass is 16.5. The summed E-state index contributed by atoms with van der Waals surface area (Å²) >= 11 is 0. The second-order valence-electron chi connectivity index (χ2n) is 6.03. The maximum absolute atomic E-state index is 5.66. The zero-order valence-electron chi connectivity index (χ0n) is 15.5. The zero-order chi connectivity index (χ0) is 18.1. The number of aliphatic imine (C=N–C) groups is 1. The molecule has 0 bridgehead atoms. The van der Waals surface area contributed by atoms with E-state index in [9.17, 15) is 0 Å². The second kappa shape index (κ2) is 9.78. The Kier molecular flexibility index (Phi) is 7.40. The van der Waals surface area contributed by atoms with Crippen molar-refractivity contribution in [2.45, 2.75) is 46.6 Å². The molecule has 0 fully saturated rings. The standard InChI is InChI=1S/C18H28N6O/c1-5-19-18(21-11-17-22-13-23-24(17)4)20-10-15-7-6-8-16(9-15)12-25-14(2)3/h6-9,13-14H,5,10-12H2,1-4H3,(H2,19,20,21). The number of hydrogen-bond acceptors (Lipinski definition) is 4. The van der Waals surface area contributed by atoms with Crippen LogP contribution in [-0.2, 0) is 31.5 Å². The molecule has 0 aliphatic carbocycles. The molecular weight excluding hydrogens is 316 g/mol. The number of hydrogen-bond donors (Lipinski definition) is 2. The molecule has 0 radical (unpaired) electrons. The number of rotatable bonds is 8. The Morgan fingerprint density at radius 2 is 2.08 bits per heavy atom. The molecule has 136 valence electrons. The van der Waals surface area contributed by atoms with Crippen molar-refractivity contribution in [2.24, 2.45) is 12.0 Å². The summed E-state index contributed by atoms with van der Waals surface area (Å²) < 4.78 is 7.41. The van der Waals surface area contributed by atoms with Crippen molar-refractivity contribution >= 4 is 5.96 Å². The summed E-state index contributed by atoms with van der Waals surface area (Å²) in [4.78, 5) is 8.85. The normalized spacial score (nSPS) is 11.8. The molecule has 0 saturated heterocycles. The van der Waals surface area contributed by atoms with E-state index in [4.69, 9.17) is 4.74 Å². The number of ether oxygens (including phenoxy) is 1. The summed E-state index contributed by atoms with van der Waals surface area (Å²) in [6.45, 7) is 8.73. The van der Waals surface area contributed by atoms with Gasteiger partial charge in [0.25, 0.3) is 0 Å². The lowest BCUT2D eigenvalue weighted by Crippen LogP contribution is -2.37. The fraction of sp³-hybridized carbons (Fsp3) is 0.500. The summed E-state index contributed by atoms with van der Waals surface area (Å²) in [5.41, 5.74) is 2.32. The molecule has 2 aromatic rings. The van der Waals surface area contributed by atoms with Crippen molar-refractivity contribution in [3.05, 3.63) is 47.5 Å². The predicted octanol–water partition coefficient (Wildman–Crippen LogP) is 2.00. The first-order valence-corrected chi connectivity index (χ1v) is 8.63. The Balaban J connectivity index is 1.95. The van der Waals surface area contributed by atoms with E-state index in [-0.39, 0.29) is 6.10 Å². The van der Waals surface area contributed by atoms with Crippen LogP contribution in [0.2, 0.25) is 0 Å². The highest BCUT2D eigenvalue weighted by molar-refractivity contribution is 5.79. The van der Waals surface area contributed by atoms with Gasteiger partial charge in [-0.25, -0.2) is 9.98 Å². The van der Waals surface area contributed by atoms with Gasteiger partial charge in [0.2, 0.25) is 0 Å². The van der Waals surface area contributed by atoms with Crippen LogP contribution in [0, 0.1) is 0 Å². The van der Waals surface area contributed by atoms with Gasteiger partial charge in [0.05, 0.1) is 25.8 Å². The van der Waals surface area contributed by atoms with Crippen LogP contribution in [0.1, 0.15) is 37.7 Å². The van der Waals surface area contributed by atoms with Gasteiger partial charge < -0.3 is 15.4 Å². The molecule has 1 aromatic carbocycles. The Morgan fingerprint density at radius 3 is 2.76 bits per heavy atom. The molecular formula is C18H28N6O. The highest BCUT2D eigenvalue weighted by Crippen LogP contribution is 2.09. The van der Waals surface area contributed by atoms with Gasteiger partial charge in [0.15, 0.2) is 5.96 Å². The van der Waals surface area contributed by atoms with E-state index in [0.29, 0.717) is 19.7 Å². The van der Waals surface area contributed by atoms with Crippen molar-refractivity contribution in [1.29, 1.82) is 0 Å². The maximum atomic E-state index is 5.66. The molecule has 7 heteroatoms. The van der Waals surface area contributed by atoms with Crippen LogP contribution in [0.15, 0.2) is 35.6 Å². The van der Waals surface area contributed by atoms with E-state index in [0.717, 1.165) is 23.9 Å². The Labute approximate surface area is 149 Å². The predicted molar refractivity (Wildman–Crippen MR) is 99.0 cm³/mol. The van der Waals surface area contributed by atoms with Gasteiger partial charge in [0.1, 0.15) is 12.2 Å². The summed E-state index contributed by atoms with van der Waals surface area (Å²) in [5, 5.41) is 10.6. The number of aryl methyl sites for hydroxylation is 1. The third-order valence-corrected chi connectivity index (χ3v) is 3.56. The highest BCUT2D eigenvalue weighted by Gasteiger charge is 2.03. The van der Waals surface area contributed by atoms with Gasteiger partial charge in [-0.15, -0.1) is 0 Å². The van der Waals surface area contributed by atoms with Gasteiger partial charge in [-0.05, 0) is 31.9 Å². The minimum atomic E-state index is 0.229. The van der Waals surface area contributed by atoms with Gasteiger partial charge >= 0.3 is 0 Å². The molecule has 2 N–H and O–H groups in total. The molecule has 0 atom stereocenters. The Morgan fingerprint density at radius 1 is 1.28 bits per heavy atom. The second-order valence-corrected chi connectivity index (χ2v) is 6.03. The lowest BCUT2D eigenvalue weighted by Gasteiger charge is -2.11. The molecule has 0 unspecified atom stereocenters. The third-order valence-electron chi connectivity index (χ3n) is 3.56. The van der Waals surface area contributed by atoms with E-state index in [1.54, 1.807) is 11.0 Å². The molecule has 2 rings (SSSR count). The minimum absolute atomic E-state index is 0.229. The first-order valence-electron chi connectivity index (χ1n) is 8.63. The Bertz CT molecular complexity index is 680. The number of benzene rings is 1. The lowest BCUT2D eigenvalue weighted by atomic mass is 10.1. The lowest BCUT2D eigenvalue weighted by molar-refractivity contribution is 0.0657. The Hall–Kier alpha value is -2.41. The first kappa shape index (κ1) is 18.9. The quantitative estimate of drug-likeness (QED) is 0.566. The average Bonchev–Trinajstić information content (AvgIpc) is 3.01. The largest absolute Gasteiger partial charge is 0.374 e. The molecule has 0 saturated carbocycles. The molecule has 7 nitrogen and oxygen atoms in total. The van der Waals surface area contributed by atoms with E-state index < -0.39 is 0 Å². The summed E-state index contributed by atoms with van der Waals surface area (Å²) in [5.74, 6) is 1.62. The van der Waals surface area contributed by atoms with Crippen LogP contribution in [-0.4, -0.2) is 33.4 Å². The fourth-order valence-electron chi connectivity index (χ4n) is 2.24. The topological polar surface area (TPSA) is 76.4 Å². The van der Waals surface area contributed by atoms with E-state index in [1.165, 1.54) is 5.56 Å². The van der Waals surface area contributed by atoms with Crippen LogP contribution in [0.5, 0.6) is 0 Å². The van der Waals surface area contributed by atoms with E-state index in [1.807, 2.05) is 33.9 Å². The van der Waals surface area contributed by atoms with Crippen LogP contribution >= 0.6 is 0 Å². The van der Waals surface area contributed by atoms with Gasteiger partial charge in [0, 0.05) is 13.6 Å². The molecule has 1 aromatic heterocycles. The van der Waals surface area contributed by atoms with Crippen LogP contribution in [0.3, 0.4) is 0 Å².